The summed E-state index contributed by atoms with van der Waals surface area (Å²) in [4.78, 5) is 17.3. The smallest absolute Gasteiger partial charge is 0.416 e. The zero-order chi connectivity index (χ0) is 18.2. The summed E-state index contributed by atoms with van der Waals surface area (Å²) in [6.07, 6.45) is -4.02. The van der Waals surface area contributed by atoms with Crippen LogP contribution < -0.4 is 4.74 Å². The highest BCUT2D eigenvalue weighted by molar-refractivity contribution is 6.33. The number of rotatable bonds is 3. The first-order valence-corrected chi connectivity index (χ1v) is 7.56. The van der Waals surface area contributed by atoms with Crippen LogP contribution in [0.3, 0.4) is 0 Å². The second-order valence-corrected chi connectivity index (χ2v) is 5.83. The summed E-state index contributed by atoms with van der Waals surface area (Å²) >= 11 is 5.84. The topological polar surface area (TPSA) is 42.4 Å². The van der Waals surface area contributed by atoms with Crippen LogP contribution in [0, 0.1) is 5.82 Å². The van der Waals surface area contributed by atoms with E-state index in [2.05, 4.69) is 4.98 Å². The number of carbonyl (C=O) groups is 1. The second kappa shape index (κ2) is 6.51. The molecule has 1 aromatic carbocycles. The first kappa shape index (κ1) is 17.5. The molecule has 4 nitrogen and oxygen atoms in total. The van der Waals surface area contributed by atoms with Crippen LogP contribution in [0.2, 0.25) is 5.02 Å². The molecule has 2 heterocycles. The van der Waals surface area contributed by atoms with Gasteiger partial charge in [-0.25, -0.2) is 9.37 Å². The number of hydrogen-bond acceptors (Lipinski definition) is 3. The van der Waals surface area contributed by atoms with E-state index in [1.807, 2.05) is 0 Å². The standard InChI is InChI=1S/C16H11ClF4N2O2/c17-11-2-1-3-12(18)14(11)15(24)23-7-10(8-23)25-13-6-9(4-5-22-13)16(19,20)21/h1-6,10H,7-8H2. The van der Waals surface area contributed by atoms with Crippen LogP contribution in [-0.4, -0.2) is 35.0 Å². The Hall–Kier alpha value is -2.35. The van der Waals surface area contributed by atoms with Crippen molar-refractivity contribution in [2.24, 2.45) is 0 Å². The molecule has 1 aliphatic rings. The molecule has 0 atom stereocenters. The quantitative estimate of drug-likeness (QED) is 0.768. The molecule has 0 aliphatic carbocycles. The van der Waals surface area contributed by atoms with Gasteiger partial charge in [-0.2, -0.15) is 13.2 Å². The monoisotopic (exact) mass is 374 g/mol. The van der Waals surface area contributed by atoms with E-state index >= 15 is 0 Å². The Kier molecular flexibility index (Phi) is 4.55. The van der Waals surface area contributed by atoms with E-state index < -0.39 is 29.6 Å². The molecule has 1 fully saturated rings. The molecule has 1 aliphatic heterocycles. The van der Waals surface area contributed by atoms with Gasteiger partial charge in [0, 0.05) is 12.3 Å². The summed E-state index contributed by atoms with van der Waals surface area (Å²) in [5, 5.41) is -0.00564. The summed E-state index contributed by atoms with van der Waals surface area (Å²) in [5.41, 5.74) is -1.11. The number of ether oxygens (including phenoxy) is 1. The molecule has 0 spiro atoms. The Morgan fingerprint density at radius 2 is 2.00 bits per heavy atom. The molecule has 1 aromatic heterocycles. The van der Waals surface area contributed by atoms with Crippen molar-refractivity contribution in [3.8, 4) is 5.88 Å². The first-order chi connectivity index (χ1) is 11.8. The predicted molar refractivity (Wildman–Crippen MR) is 81.0 cm³/mol. The zero-order valence-corrected chi connectivity index (χ0v) is 13.3. The molecule has 1 amide bonds. The van der Waals surface area contributed by atoms with E-state index in [0.717, 1.165) is 24.4 Å². The van der Waals surface area contributed by atoms with E-state index in [-0.39, 0.29) is 29.6 Å². The third-order valence-corrected chi connectivity index (χ3v) is 3.98. The van der Waals surface area contributed by atoms with E-state index in [1.54, 1.807) is 0 Å². The van der Waals surface area contributed by atoms with Gasteiger partial charge in [0.05, 0.1) is 29.2 Å². The first-order valence-electron chi connectivity index (χ1n) is 7.19. The lowest BCUT2D eigenvalue weighted by Crippen LogP contribution is -2.56. The summed E-state index contributed by atoms with van der Waals surface area (Å²) in [6.45, 7) is 0.197. The van der Waals surface area contributed by atoms with Gasteiger partial charge >= 0.3 is 6.18 Å². The van der Waals surface area contributed by atoms with Crippen LogP contribution in [0.25, 0.3) is 0 Å². The minimum atomic E-state index is -4.50. The molecule has 3 rings (SSSR count). The second-order valence-electron chi connectivity index (χ2n) is 5.43. The van der Waals surface area contributed by atoms with Crippen LogP contribution in [-0.2, 0) is 6.18 Å². The number of likely N-dealkylation sites (tertiary alicyclic amines) is 1. The zero-order valence-electron chi connectivity index (χ0n) is 12.6. The Morgan fingerprint density at radius 3 is 2.64 bits per heavy atom. The Morgan fingerprint density at radius 1 is 1.28 bits per heavy atom. The van der Waals surface area contributed by atoms with E-state index in [0.29, 0.717) is 0 Å². The van der Waals surface area contributed by atoms with Gasteiger partial charge in [-0.15, -0.1) is 0 Å². The number of halogens is 5. The molecule has 132 valence electrons. The highest BCUT2D eigenvalue weighted by Gasteiger charge is 2.36. The maximum atomic E-state index is 13.7. The average Bonchev–Trinajstić information content (AvgIpc) is 2.49. The fraction of sp³-hybridized carbons (Fsp3) is 0.250. The minimum absolute atomic E-state index is 0.00564. The van der Waals surface area contributed by atoms with Crippen molar-refractivity contribution >= 4 is 17.5 Å². The van der Waals surface area contributed by atoms with Gasteiger partial charge in [0.2, 0.25) is 5.88 Å². The molecule has 25 heavy (non-hydrogen) atoms. The summed E-state index contributed by atoms with van der Waals surface area (Å²) in [7, 11) is 0. The van der Waals surface area contributed by atoms with Gasteiger partial charge in [-0.3, -0.25) is 4.79 Å². The number of alkyl halides is 3. The highest BCUT2D eigenvalue weighted by Crippen LogP contribution is 2.31. The van der Waals surface area contributed by atoms with Crippen LogP contribution in [0.5, 0.6) is 5.88 Å². The molecule has 0 radical (unpaired) electrons. The highest BCUT2D eigenvalue weighted by atomic mass is 35.5. The van der Waals surface area contributed by atoms with Gasteiger partial charge in [0.25, 0.3) is 5.91 Å². The fourth-order valence-corrected chi connectivity index (χ4v) is 2.60. The lowest BCUT2D eigenvalue weighted by atomic mass is 10.1. The summed E-state index contributed by atoms with van der Waals surface area (Å²) in [5.74, 6) is -1.52. The SMILES string of the molecule is O=C(c1c(F)cccc1Cl)N1CC(Oc2cc(C(F)(F)F)ccn2)C1. The van der Waals surface area contributed by atoms with Crippen molar-refractivity contribution in [2.75, 3.05) is 13.1 Å². The molecule has 0 unspecified atom stereocenters. The van der Waals surface area contributed by atoms with Crippen LogP contribution >= 0.6 is 11.6 Å². The Labute approximate surface area is 145 Å². The van der Waals surface area contributed by atoms with Gasteiger partial charge in [-0.1, -0.05) is 17.7 Å². The third kappa shape index (κ3) is 3.68. The van der Waals surface area contributed by atoms with Crippen molar-refractivity contribution in [3.63, 3.8) is 0 Å². The van der Waals surface area contributed by atoms with Crippen molar-refractivity contribution in [1.82, 2.24) is 9.88 Å². The predicted octanol–water partition coefficient (Wildman–Crippen LogP) is 3.80. The van der Waals surface area contributed by atoms with Gasteiger partial charge < -0.3 is 9.64 Å². The fourth-order valence-electron chi connectivity index (χ4n) is 2.36. The van der Waals surface area contributed by atoms with Gasteiger partial charge in [-0.05, 0) is 18.2 Å². The molecule has 2 aromatic rings. The lowest BCUT2D eigenvalue weighted by Gasteiger charge is -2.38. The van der Waals surface area contributed by atoms with Crippen molar-refractivity contribution < 1.29 is 27.1 Å². The number of pyridine rings is 1. The van der Waals surface area contributed by atoms with Gasteiger partial charge in [0.1, 0.15) is 11.9 Å². The van der Waals surface area contributed by atoms with Crippen LogP contribution in [0.1, 0.15) is 15.9 Å². The molecule has 9 heteroatoms. The largest absolute Gasteiger partial charge is 0.471 e. The van der Waals surface area contributed by atoms with E-state index in [9.17, 15) is 22.4 Å². The molecular formula is C16H11ClF4N2O2. The normalized spacial score (nSPS) is 15.0. The van der Waals surface area contributed by atoms with Crippen LogP contribution in [0.4, 0.5) is 17.6 Å². The maximum Gasteiger partial charge on any atom is 0.416 e. The lowest BCUT2D eigenvalue weighted by molar-refractivity contribution is -0.137. The number of aromatic nitrogens is 1. The number of benzene rings is 1. The molecule has 0 bridgehead atoms. The maximum absolute atomic E-state index is 13.7. The van der Waals surface area contributed by atoms with Crippen LogP contribution in [0.15, 0.2) is 36.5 Å². The molecule has 0 saturated carbocycles. The molecule has 0 N–H and O–H groups in total. The minimum Gasteiger partial charge on any atom is -0.471 e. The van der Waals surface area contributed by atoms with E-state index in [1.165, 1.54) is 17.0 Å². The Balaban J connectivity index is 1.63. The molecular weight excluding hydrogens is 364 g/mol. The van der Waals surface area contributed by atoms with Crippen molar-refractivity contribution in [3.05, 3.63) is 58.5 Å². The van der Waals surface area contributed by atoms with E-state index in [4.69, 9.17) is 16.3 Å². The average molecular weight is 375 g/mol. The summed E-state index contributed by atoms with van der Waals surface area (Å²) < 4.78 is 57.0. The van der Waals surface area contributed by atoms with Crippen molar-refractivity contribution in [1.29, 1.82) is 0 Å². The molecule has 1 saturated heterocycles. The number of hydrogen-bond donors (Lipinski definition) is 0. The van der Waals surface area contributed by atoms with Crippen molar-refractivity contribution in [2.45, 2.75) is 12.3 Å². The Bertz CT molecular complexity index is 787. The third-order valence-electron chi connectivity index (χ3n) is 3.66. The van der Waals surface area contributed by atoms with Gasteiger partial charge in [0.15, 0.2) is 0 Å². The number of carbonyl (C=O) groups excluding carboxylic acids is 1. The summed E-state index contributed by atoms with van der Waals surface area (Å²) in [6, 6.07) is 5.54. The number of nitrogens with zero attached hydrogens (tertiary/aromatic N) is 2. The number of amides is 1.